The largest absolute Gasteiger partial charge is 0.404 e. The number of anilines is 2. The minimum Gasteiger partial charge on any atom is -0.404 e. The van der Waals surface area contributed by atoms with Crippen LogP contribution in [0.4, 0.5) is 15.9 Å². The van der Waals surface area contributed by atoms with E-state index in [0.29, 0.717) is 49.7 Å². The average molecular weight is 437 g/mol. The van der Waals surface area contributed by atoms with E-state index in [-0.39, 0.29) is 23.2 Å². The Morgan fingerprint density at radius 2 is 2.25 bits per heavy atom. The molecule has 0 spiro atoms. The summed E-state index contributed by atoms with van der Waals surface area (Å²) in [6, 6.07) is 5.21. The van der Waals surface area contributed by atoms with Gasteiger partial charge >= 0.3 is 0 Å². The lowest BCUT2D eigenvalue weighted by molar-refractivity contribution is -0.129. The zero-order valence-electron chi connectivity index (χ0n) is 17.9. The van der Waals surface area contributed by atoms with Crippen LogP contribution in [0.3, 0.4) is 0 Å². The highest BCUT2D eigenvalue weighted by Crippen LogP contribution is 2.34. The van der Waals surface area contributed by atoms with Gasteiger partial charge in [-0.05, 0) is 6.07 Å². The van der Waals surface area contributed by atoms with Crippen LogP contribution in [0.1, 0.15) is 35.3 Å². The number of amides is 1. The van der Waals surface area contributed by atoms with Crippen LogP contribution in [0, 0.1) is 17.1 Å². The maximum absolute atomic E-state index is 15.3. The molecule has 0 unspecified atom stereocenters. The van der Waals surface area contributed by atoms with E-state index < -0.39 is 5.82 Å². The number of nitriles is 1. The van der Waals surface area contributed by atoms with Gasteiger partial charge in [-0.2, -0.15) is 10.4 Å². The monoisotopic (exact) mass is 437 g/mol. The highest BCUT2D eigenvalue weighted by molar-refractivity contribution is 6.10. The molecule has 32 heavy (non-hydrogen) atoms. The minimum absolute atomic E-state index is 0.0256. The molecule has 0 aliphatic carbocycles. The number of benzene rings is 1. The van der Waals surface area contributed by atoms with Crippen LogP contribution < -0.4 is 11.1 Å². The van der Waals surface area contributed by atoms with Crippen molar-refractivity contribution in [2.24, 2.45) is 10.7 Å². The van der Waals surface area contributed by atoms with Crippen molar-refractivity contribution in [2.75, 3.05) is 32.1 Å². The van der Waals surface area contributed by atoms with Gasteiger partial charge in [-0.1, -0.05) is 6.07 Å². The Morgan fingerprint density at radius 3 is 2.84 bits per heavy atom. The van der Waals surface area contributed by atoms with Gasteiger partial charge < -0.3 is 20.7 Å². The van der Waals surface area contributed by atoms with Crippen molar-refractivity contribution in [1.29, 1.82) is 5.26 Å². The smallest absolute Gasteiger partial charge is 0.219 e. The molecular weight excluding hydrogens is 413 g/mol. The van der Waals surface area contributed by atoms with Gasteiger partial charge in [0.05, 0.1) is 37.1 Å². The number of allylic oxidation sites excluding steroid dienone is 1. The van der Waals surface area contributed by atoms with E-state index in [1.165, 1.54) is 19.3 Å². The lowest BCUT2D eigenvalue weighted by Crippen LogP contribution is -2.37. The molecule has 4 rings (SSSR count). The van der Waals surface area contributed by atoms with Crippen molar-refractivity contribution >= 4 is 29.2 Å². The molecule has 9 nitrogen and oxygen atoms in total. The number of hydrogen-bond acceptors (Lipinski definition) is 7. The van der Waals surface area contributed by atoms with Crippen LogP contribution in [-0.2, 0) is 22.5 Å². The van der Waals surface area contributed by atoms with Crippen molar-refractivity contribution in [1.82, 2.24) is 14.7 Å². The number of nitrogens with zero attached hydrogens (tertiary/aromatic N) is 5. The molecule has 2 aromatic rings. The quantitative estimate of drug-likeness (QED) is 0.691. The fraction of sp³-hybridized carbons (Fsp3) is 0.364. The van der Waals surface area contributed by atoms with Gasteiger partial charge in [0, 0.05) is 61.7 Å². The molecule has 1 fully saturated rings. The summed E-state index contributed by atoms with van der Waals surface area (Å²) in [4.78, 5) is 17.6. The first-order valence-corrected chi connectivity index (χ1v) is 10.3. The molecule has 2 aliphatic rings. The summed E-state index contributed by atoms with van der Waals surface area (Å²) in [6.07, 6.45) is 3.41. The van der Waals surface area contributed by atoms with E-state index in [1.807, 2.05) is 10.8 Å². The number of halogens is 1. The van der Waals surface area contributed by atoms with Crippen LogP contribution in [0.25, 0.3) is 5.57 Å². The Bertz CT molecular complexity index is 1160. The summed E-state index contributed by atoms with van der Waals surface area (Å²) in [6.45, 7) is 3.66. The number of nitrogens with two attached hydrogens (primary N) is 1. The maximum atomic E-state index is 15.3. The number of fused-ring (bicyclic) bond motifs is 1. The Morgan fingerprint density at radius 1 is 1.47 bits per heavy atom. The molecule has 2 aliphatic heterocycles. The molecular formula is C22H24FN7O2. The molecule has 166 valence electrons. The summed E-state index contributed by atoms with van der Waals surface area (Å²) in [5.74, 6) is -0.260. The first-order valence-electron chi connectivity index (χ1n) is 10.3. The molecule has 1 saturated heterocycles. The molecule has 1 amide bonds. The lowest BCUT2D eigenvalue weighted by atomic mass is 10.00. The summed E-state index contributed by atoms with van der Waals surface area (Å²) < 4.78 is 22.6. The van der Waals surface area contributed by atoms with E-state index in [0.717, 1.165) is 11.3 Å². The number of carbonyl (C=O) groups excluding carboxylic acids is 1. The second-order valence-corrected chi connectivity index (χ2v) is 7.70. The van der Waals surface area contributed by atoms with E-state index in [4.69, 9.17) is 10.5 Å². The lowest BCUT2D eigenvalue weighted by Gasteiger charge is -2.31. The fourth-order valence-corrected chi connectivity index (χ4v) is 3.97. The van der Waals surface area contributed by atoms with E-state index in [1.54, 1.807) is 24.1 Å². The van der Waals surface area contributed by atoms with Crippen molar-refractivity contribution in [3.63, 3.8) is 0 Å². The predicted octanol–water partition coefficient (Wildman–Crippen LogP) is 2.11. The highest BCUT2D eigenvalue weighted by Gasteiger charge is 2.32. The Balaban J connectivity index is 1.74. The van der Waals surface area contributed by atoms with Crippen LogP contribution >= 0.6 is 0 Å². The molecule has 1 aromatic heterocycles. The first kappa shape index (κ1) is 21.5. The summed E-state index contributed by atoms with van der Waals surface area (Å²) >= 11 is 0. The number of ether oxygens (including phenoxy) is 1. The van der Waals surface area contributed by atoms with Crippen LogP contribution in [0.2, 0.25) is 0 Å². The van der Waals surface area contributed by atoms with Crippen molar-refractivity contribution in [3.8, 4) is 6.07 Å². The van der Waals surface area contributed by atoms with Crippen molar-refractivity contribution in [2.45, 2.75) is 25.9 Å². The van der Waals surface area contributed by atoms with Gasteiger partial charge in [0.1, 0.15) is 6.07 Å². The van der Waals surface area contributed by atoms with Crippen molar-refractivity contribution in [3.05, 3.63) is 46.5 Å². The number of carbonyl (C=O) groups is 1. The Labute approximate surface area is 185 Å². The van der Waals surface area contributed by atoms with Gasteiger partial charge in [-0.25, -0.2) is 4.39 Å². The molecule has 1 aromatic carbocycles. The Hall–Kier alpha value is -3.71. The number of aliphatic imine (C=N–C) groups is 1. The second-order valence-electron chi connectivity index (χ2n) is 7.70. The second kappa shape index (κ2) is 8.80. The standard InChI is InChI=1S/C22H24FN7O2/c1-13(31)29-6-5-20-18(10-29)22(28-30(20)15-11-32-12-15)27-19-4-3-16(14(7-24)9-26-2)17(8-25)21(19)23/h3-4,7,9,15H,5-6,10-12,24H2,1-2H3,(H,27,28). The van der Waals surface area contributed by atoms with Gasteiger partial charge in [0.2, 0.25) is 5.91 Å². The average Bonchev–Trinajstić information content (AvgIpc) is 3.09. The summed E-state index contributed by atoms with van der Waals surface area (Å²) in [5.41, 5.74) is 8.27. The fourth-order valence-electron chi connectivity index (χ4n) is 3.97. The zero-order chi connectivity index (χ0) is 22.8. The van der Waals surface area contributed by atoms with Crippen LogP contribution in [-0.4, -0.2) is 53.6 Å². The minimum atomic E-state index is -0.705. The number of hydrogen-bond donors (Lipinski definition) is 2. The van der Waals surface area contributed by atoms with E-state index in [2.05, 4.69) is 15.4 Å². The molecule has 3 N–H and O–H groups in total. The van der Waals surface area contributed by atoms with Gasteiger partial charge in [-0.15, -0.1) is 0 Å². The van der Waals surface area contributed by atoms with Gasteiger partial charge in [-0.3, -0.25) is 14.5 Å². The molecule has 0 radical (unpaired) electrons. The third-order valence-electron chi connectivity index (χ3n) is 5.76. The number of rotatable bonds is 5. The summed E-state index contributed by atoms with van der Waals surface area (Å²) in [7, 11) is 1.57. The van der Waals surface area contributed by atoms with Crippen LogP contribution in [0.5, 0.6) is 0 Å². The predicted molar refractivity (Wildman–Crippen MR) is 118 cm³/mol. The maximum Gasteiger partial charge on any atom is 0.219 e. The number of aromatic nitrogens is 2. The summed E-state index contributed by atoms with van der Waals surface area (Å²) in [5, 5.41) is 17.3. The van der Waals surface area contributed by atoms with Gasteiger partial charge in [0.25, 0.3) is 0 Å². The van der Waals surface area contributed by atoms with Crippen LogP contribution in [0.15, 0.2) is 23.3 Å². The molecule has 0 atom stereocenters. The number of nitrogens with one attached hydrogen (secondary N) is 1. The molecule has 3 heterocycles. The third kappa shape index (κ3) is 3.71. The first-order chi connectivity index (χ1) is 15.5. The Kier molecular flexibility index (Phi) is 5.92. The third-order valence-corrected chi connectivity index (χ3v) is 5.76. The normalized spacial score (nSPS) is 16.6. The van der Waals surface area contributed by atoms with E-state index in [9.17, 15) is 10.1 Å². The molecule has 0 saturated carbocycles. The highest BCUT2D eigenvalue weighted by atomic mass is 19.1. The van der Waals surface area contributed by atoms with Crippen molar-refractivity contribution < 1.29 is 13.9 Å². The SMILES string of the molecule is CN=CC(=CN)c1ccc(Nc2nn(C3COC3)c3c2CN(C(C)=O)CC3)c(F)c1C#N. The topological polar surface area (TPSA) is 122 Å². The van der Waals surface area contributed by atoms with E-state index >= 15 is 4.39 Å². The zero-order valence-corrected chi connectivity index (χ0v) is 17.9. The molecule has 10 heteroatoms. The molecule has 0 bridgehead atoms. The van der Waals surface area contributed by atoms with Gasteiger partial charge in [0.15, 0.2) is 11.6 Å².